The molecule has 29 heteroatoms. The average molecular weight is 1680 g/mol. The van der Waals surface area contributed by atoms with Crippen molar-refractivity contribution in [1.82, 2.24) is 0 Å². The molecule has 0 fully saturated rings. The molecule has 1 aliphatic heterocycles. The van der Waals surface area contributed by atoms with E-state index in [1.54, 1.807) is 10.9 Å². The van der Waals surface area contributed by atoms with E-state index in [4.69, 9.17) is 9.73 Å². The second-order valence-electron chi connectivity index (χ2n) is 25.7. The van der Waals surface area contributed by atoms with Crippen molar-refractivity contribution in [2.75, 3.05) is 6.61 Å². The molecule has 0 amide bonds. The van der Waals surface area contributed by atoms with Gasteiger partial charge in [0.1, 0.15) is 28.7 Å². The first-order chi connectivity index (χ1) is 47.9. The van der Waals surface area contributed by atoms with Gasteiger partial charge in [-0.1, -0.05) is 147 Å². The van der Waals surface area contributed by atoms with Crippen LogP contribution in [0.3, 0.4) is 0 Å². The monoisotopic (exact) mass is 1680 g/mol. The molecule has 8 aromatic carbocycles. The molecule has 2 nitrogen and oxygen atoms in total. The zero-order valence-corrected chi connectivity index (χ0v) is 57.7. The Morgan fingerprint density at radius 2 is 0.683 bits per heavy atom. The minimum absolute atomic E-state index is 0. The molecule has 3 aliphatic carbocycles. The number of benzene rings is 8. The Hall–Kier alpha value is -7.83. The third-order valence-corrected chi connectivity index (χ3v) is 21.5. The van der Waals surface area contributed by atoms with E-state index in [1.807, 2.05) is 0 Å². The molecule has 1 heterocycles. The molecule has 0 N–H and O–H groups in total. The SMILES string of the molecule is C1=C\CC/C=C\CC/1.CC(C)[C@H]1COC(c2cccc3c2[C@]2(CC3)CCc3cccc([PH+](c4ccccc4)c4ccccc4)c32)=N1.FC(F)(F)c1cc([B-](c2cc(C(F)(F)F)cc(C(F)(F)F)c2)(c2cc(C(F)(F)F)cc(C(F)(F)F)c2)c2cc(C(F)(F)F)cc(C(F)(F)F)c2)cc(C(F)(F)F)c1.[Ir]. The summed E-state index contributed by atoms with van der Waals surface area (Å²) in [6, 6.07) is 27.8. The molecule has 4 aliphatic rings. The van der Waals surface area contributed by atoms with Gasteiger partial charge < -0.3 is 4.74 Å². The van der Waals surface area contributed by atoms with Crippen molar-refractivity contribution < 1.29 is 130 Å². The van der Waals surface area contributed by atoms with Gasteiger partial charge in [0.15, 0.2) is 0 Å². The minimum Gasteiger partial charge on any atom is -0.475 e. The molecule has 0 unspecified atom stereocenters. The molecule has 0 saturated heterocycles. The van der Waals surface area contributed by atoms with E-state index in [0.29, 0.717) is 12.5 Å². The molecule has 104 heavy (non-hydrogen) atoms. The normalized spacial score (nSPS) is 17.9. The van der Waals surface area contributed by atoms with Crippen molar-refractivity contribution in [3.05, 3.63) is 266 Å². The van der Waals surface area contributed by atoms with Crippen molar-refractivity contribution in [3.8, 4) is 0 Å². The van der Waals surface area contributed by atoms with E-state index in [2.05, 4.69) is 135 Å². The van der Waals surface area contributed by atoms with Gasteiger partial charge in [-0.3, -0.25) is 0 Å². The van der Waals surface area contributed by atoms with Gasteiger partial charge in [0, 0.05) is 36.6 Å². The maximum absolute atomic E-state index is 14.2. The van der Waals surface area contributed by atoms with E-state index in [9.17, 15) is 105 Å². The molecular weight excluding hydrogens is 1620 g/mol. The van der Waals surface area contributed by atoms with Crippen molar-refractivity contribution >= 4 is 57.7 Å². The van der Waals surface area contributed by atoms with Crippen LogP contribution in [0.1, 0.15) is 125 Å². The molecule has 12 rings (SSSR count). The number of alkyl halides is 24. The van der Waals surface area contributed by atoms with Gasteiger partial charge in [0.25, 0.3) is 0 Å². The van der Waals surface area contributed by atoms with Crippen LogP contribution in [0, 0.1) is 5.92 Å². The second kappa shape index (κ2) is 30.2. The summed E-state index contributed by atoms with van der Waals surface area (Å²) in [6.45, 7) is 5.18. The fraction of sp³-hybridized carbons (Fsp3) is 0.293. The van der Waals surface area contributed by atoms with Crippen LogP contribution in [-0.2, 0) is 92.5 Å². The molecule has 0 saturated carbocycles. The Labute approximate surface area is 595 Å². The fourth-order valence-corrected chi connectivity index (χ4v) is 17.0. The fourth-order valence-electron chi connectivity index (χ4n) is 14.1. The predicted molar refractivity (Wildman–Crippen MR) is 348 cm³/mol. The second-order valence-corrected chi connectivity index (χ2v) is 28.2. The summed E-state index contributed by atoms with van der Waals surface area (Å²) in [5.41, 5.74) is -22.8. The molecule has 1 radical (unpaired) electrons. The van der Waals surface area contributed by atoms with Gasteiger partial charge in [-0.25, -0.2) is 4.99 Å². The molecule has 0 aromatic heterocycles. The Morgan fingerprint density at radius 3 is 0.971 bits per heavy atom. The largest absolute Gasteiger partial charge is 0.475 e. The number of aryl methyl sites for hydroxylation is 2. The zero-order valence-electron chi connectivity index (χ0n) is 54.3. The summed E-state index contributed by atoms with van der Waals surface area (Å²) in [7, 11) is -1.18. The van der Waals surface area contributed by atoms with Crippen molar-refractivity contribution in [2.45, 2.75) is 126 Å². The van der Waals surface area contributed by atoms with E-state index < -0.39 is 203 Å². The number of aliphatic imine (C=N–C) groups is 1. The number of fused-ring (bicyclic) bond motifs is 4. The summed E-state index contributed by atoms with van der Waals surface area (Å²) in [4.78, 5) is 5.10. The molecule has 1 spiro atoms. The summed E-state index contributed by atoms with van der Waals surface area (Å²) >= 11 is 0. The van der Waals surface area contributed by atoms with Crippen LogP contribution >= 0.6 is 7.92 Å². The van der Waals surface area contributed by atoms with E-state index in [-0.39, 0.29) is 31.6 Å². The van der Waals surface area contributed by atoms with Gasteiger partial charge in [-0.05, 0) is 135 Å². The zero-order chi connectivity index (χ0) is 75.3. The van der Waals surface area contributed by atoms with Gasteiger partial charge >= 0.3 is 49.4 Å². The molecule has 8 aromatic rings. The Balaban J connectivity index is 0.000000227. The molecular formula is C75H59BF24IrNOP. The van der Waals surface area contributed by atoms with Crippen LogP contribution in [0.4, 0.5) is 105 Å². The number of ether oxygens (including phenoxy) is 1. The molecule has 555 valence electrons. The summed E-state index contributed by atoms with van der Waals surface area (Å²) in [5, 5.41) is 4.46. The minimum atomic E-state index is -6.13. The van der Waals surface area contributed by atoms with Gasteiger partial charge in [0.2, 0.25) is 5.90 Å². The topological polar surface area (TPSA) is 21.6 Å². The quantitative estimate of drug-likeness (QED) is 0.0611. The predicted octanol–water partition coefficient (Wildman–Crippen LogP) is 20.0. The Bertz CT molecular complexity index is 3960. The van der Waals surface area contributed by atoms with E-state index >= 15 is 0 Å². The standard InChI is InChI=1S/C35H34NOP.C32H12BF24.C8H12.Ir/c1-24(2)30-23-37-34(36-30)29-17-9-11-25-19-21-35(32(25)29)22-20-26-12-10-18-31(33(26)35)38(27-13-5-3-6-14-27)28-15-7-4-8-16-28;34-25(35,36)13-1-14(26(37,38)39)6-21(5-13)33(22-7-15(27(40,41)42)2-16(8-22)28(43,44)45,23-9-17(29(46,47)48)3-18(10-23)30(49,50)51)24-11-19(31(52,53)54)4-20(12-24)32(55,56)57;1-2-4-6-8-7-5-3-1;/h3-18,24,30H,19-23H2,1-2H3;1-12H;1-2,7-8H,3-6H2;/q;-1;;/p+1/b;;2-1-,8-7-;/t30-,35+;;;/m1.../s1. The first-order valence-electron chi connectivity index (χ1n) is 32.0. The first kappa shape index (κ1) is 80.3. The van der Waals surface area contributed by atoms with Crippen molar-refractivity contribution in [2.24, 2.45) is 10.9 Å². The van der Waals surface area contributed by atoms with E-state index in [1.165, 1.54) is 71.4 Å². The van der Waals surface area contributed by atoms with Crippen LogP contribution in [0.15, 0.2) is 199 Å². The summed E-state index contributed by atoms with van der Waals surface area (Å²) in [5.74, 6) is 1.35. The van der Waals surface area contributed by atoms with Gasteiger partial charge in [0.05, 0.1) is 58.5 Å². The summed E-state index contributed by atoms with van der Waals surface area (Å²) < 4.78 is 347. The van der Waals surface area contributed by atoms with E-state index in [0.717, 1.165) is 18.7 Å². The maximum Gasteiger partial charge on any atom is 0.416 e. The van der Waals surface area contributed by atoms with Crippen molar-refractivity contribution in [3.63, 3.8) is 0 Å². The molecule has 0 bridgehead atoms. The van der Waals surface area contributed by atoms with Gasteiger partial charge in [-0.15, -0.1) is 0 Å². The number of nitrogens with zero attached hydrogens (tertiary/aromatic N) is 1. The third kappa shape index (κ3) is 17.3. The van der Waals surface area contributed by atoms with Crippen LogP contribution in [0.5, 0.6) is 0 Å². The Morgan fingerprint density at radius 1 is 0.385 bits per heavy atom. The van der Waals surface area contributed by atoms with Crippen molar-refractivity contribution in [1.29, 1.82) is 0 Å². The number of rotatable bonds is 9. The van der Waals surface area contributed by atoms with Crippen LogP contribution in [0.2, 0.25) is 0 Å². The number of hydrogen-bond donors (Lipinski definition) is 0. The van der Waals surface area contributed by atoms with Crippen LogP contribution < -0.4 is 37.8 Å². The number of hydrogen-bond acceptors (Lipinski definition) is 2. The first-order valence-corrected chi connectivity index (χ1v) is 33.5. The number of allylic oxidation sites excluding steroid dienone is 4. The number of halogens is 24. The average Bonchev–Trinajstić information content (AvgIpc) is 1.10. The Kier molecular flexibility index (Phi) is 23.3. The van der Waals surface area contributed by atoms with Crippen LogP contribution in [0.25, 0.3) is 0 Å². The summed E-state index contributed by atoms with van der Waals surface area (Å²) in [6.07, 6.45) is -36.2. The smallest absolute Gasteiger partial charge is 0.416 e. The van der Waals surface area contributed by atoms with Crippen LogP contribution in [-0.4, -0.2) is 24.7 Å². The third-order valence-electron chi connectivity index (χ3n) is 18.7. The van der Waals surface area contributed by atoms with Gasteiger partial charge in [-0.2, -0.15) is 127 Å². The molecule has 2 atom stereocenters. The maximum atomic E-state index is 14.2.